The lowest BCUT2D eigenvalue weighted by atomic mass is 9.95. The molecule has 9 aromatic rings. The molecule has 0 spiro atoms. The maximum absolute atomic E-state index is 9.40. The zero-order chi connectivity index (χ0) is 34.1. The van der Waals surface area contributed by atoms with Crippen molar-refractivity contribution in [1.82, 2.24) is 15.0 Å². The van der Waals surface area contributed by atoms with Crippen LogP contribution >= 0.6 is 0 Å². The molecule has 238 valence electrons. The highest BCUT2D eigenvalue weighted by atomic mass is 16.3. The Hall–Kier alpha value is -7.16. The summed E-state index contributed by atoms with van der Waals surface area (Å²) in [5.74, 6) is 1.69. The molecule has 0 radical (unpaired) electrons. The Balaban J connectivity index is 1.23. The number of furan rings is 1. The van der Waals surface area contributed by atoms with Crippen LogP contribution in [-0.2, 0) is 0 Å². The van der Waals surface area contributed by atoms with Crippen LogP contribution in [0.15, 0.2) is 174 Å². The summed E-state index contributed by atoms with van der Waals surface area (Å²) < 4.78 is 6.46. The van der Waals surface area contributed by atoms with Crippen LogP contribution in [0.5, 0.6) is 0 Å². The zero-order valence-corrected chi connectivity index (χ0v) is 27.4. The largest absolute Gasteiger partial charge is 0.456 e. The van der Waals surface area contributed by atoms with E-state index in [0.29, 0.717) is 23.0 Å². The van der Waals surface area contributed by atoms with Gasteiger partial charge in [0.2, 0.25) is 0 Å². The van der Waals surface area contributed by atoms with Gasteiger partial charge in [0, 0.05) is 27.5 Å². The molecular formula is C46H28N4O. The predicted molar refractivity (Wildman–Crippen MR) is 204 cm³/mol. The van der Waals surface area contributed by atoms with Crippen molar-refractivity contribution in [3.05, 3.63) is 175 Å². The highest BCUT2D eigenvalue weighted by Gasteiger charge is 2.18. The van der Waals surface area contributed by atoms with Crippen molar-refractivity contribution in [2.75, 3.05) is 0 Å². The van der Waals surface area contributed by atoms with Crippen molar-refractivity contribution in [2.45, 2.75) is 0 Å². The summed E-state index contributed by atoms with van der Waals surface area (Å²) in [6.45, 7) is 0. The maximum atomic E-state index is 9.40. The van der Waals surface area contributed by atoms with E-state index < -0.39 is 0 Å². The van der Waals surface area contributed by atoms with Gasteiger partial charge < -0.3 is 4.42 Å². The lowest BCUT2D eigenvalue weighted by Crippen LogP contribution is -2.00. The monoisotopic (exact) mass is 652 g/mol. The first-order valence-electron chi connectivity index (χ1n) is 16.7. The molecule has 0 unspecified atom stereocenters. The number of aromatic nitrogens is 3. The third-order valence-corrected chi connectivity index (χ3v) is 9.15. The van der Waals surface area contributed by atoms with Crippen molar-refractivity contribution in [2.24, 2.45) is 0 Å². The average molecular weight is 653 g/mol. The Morgan fingerprint density at radius 1 is 0.392 bits per heavy atom. The number of hydrogen-bond donors (Lipinski definition) is 0. The third kappa shape index (κ3) is 5.71. The standard InChI is InChI=1S/C46H28N4O/c47-29-30-19-21-32(22-20-30)37-25-36(31-11-4-1-5-12-31)26-38(27-37)46-49-44(34-15-8-3-9-16-34)48-45(50-46)35-23-24-40-42(28-35)51-41-18-10-17-39(43(40)41)33-13-6-2-7-14-33/h1-28H. The highest BCUT2D eigenvalue weighted by molar-refractivity contribution is 6.13. The van der Waals surface area contributed by atoms with Gasteiger partial charge in [-0.1, -0.05) is 121 Å². The summed E-state index contributed by atoms with van der Waals surface area (Å²) in [6.07, 6.45) is 0. The van der Waals surface area contributed by atoms with Gasteiger partial charge in [0.25, 0.3) is 0 Å². The fourth-order valence-corrected chi connectivity index (χ4v) is 6.63. The molecule has 0 aliphatic heterocycles. The van der Waals surface area contributed by atoms with Crippen LogP contribution < -0.4 is 0 Å². The SMILES string of the molecule is N#Cc1ccc(-c2cc(-c3ccccc3)cc(-c3nc(-c4ccccc4)nc(-c4ccc5c(c4)oc4cccc(-c6ccccc6)c45)n3)c2)cc1. The summed E-state index contributed by atoms with van der Waals surface area (Å²) in [4.78, 5) is 15.2. The second kappa shape index (κ2) is 12.7. The van der Waals surface area contributed by atoms with Crippen molar-refractivity contribution in [3.8, 4) is 73.6 Å². The fourth-order valence-electron chi connectivity index (χ4n) is 6.63. The topological polar surface area (TPSA) is 75.6 Å². The average Bonchev–Trinajstić information content (AvgIpc) is 3.60. The molecule has 5 heteroatoms. The molecule has 2 aromatic heterocycles. The predicted octanol–water partition coefficient (Wildman–Crippen LogP) is 11.6. The van der Waals surface area contributed by atoms with Crippen LogP contribution in [0.2, 0.25) is 0 Å². The maximum Gasteiger partial charge on any atom is 0.164 e. The molecule has 0 fully saturated rings. The first kappa shape index (κ1) is 29.9. The van der Waals surface area contributed by atoms with Crippen LogP contribution in [0.4, 0.5) is 0 Å². The number of hydrogen-bond acceptors (Lipinski definition) is 5. The van der Waals surface area contributed by atoms with E-state index in [2.05, 4.69) is 78.9 Å². The minimum absolute atomic E-state index is 0.550. The molecule has 0 N–H and O–H groups in total. The van der Waals surface area contributed by atoms with E-state index >= 15 is 0 Å². The number of nitriles is 1. The minimum Gasteiger partial charge on any atom is -0.456 e. The second-order valence-corrected chi connectivity index (χ2v) is 12.4. The second-order valence-electron chi connectivity index (χ2n) is 12.4. The van der Waals surface area contributed by atoms with Gasteiger partial charge in [-0.2, -0.15) is 5.26 Å². The summed E-state index contributed by atoms with van der Waals surface area (Å²) in [7, 11) is 0. The van der Waals surface area contributed by atoms with Crippen LogP contribution in [0.25, 0.3) is 89.5 Å². The van der Waals surface area contributed by atoms with E-state index in [9.17, 15) is 5.26 Å². The minimum atomic E-state index is 0.550. The lowest BCUT2D eigenvalue weighted by molar-refractivity contribution is 0.669. The Bertz CT molecular complexity index is 2730. The van der Waals surface area contributed by atoms with Crippen molar-refractivity contribution in [3.63, 3.8) is 0 Å². The van der Waals surface area contributed by atoms with Gasteiger partial charge in [-0.25, -0.2) is 15.0 Å². The quantitative estimate of drug-likeness (QED) is 0.179. The molecular weight excluding hydrogens is 625 g/mol. The Kier molecular flexibility index (Phi) is 7.46. The highest BCUT2D eigenvalue weighted by Crippen LogP contribution is 2.39. The number of fused-ring (bicyclic) bond motifs is 3. The van der Waals surface area contributed by atoms with E-state index in [0.717, 1.165) is 72.0 Å². The smallest absolute Gasteiger partial charge is 0.164 e. The molecule has 51 heavy (non-hydrogen) atoms. The molecule has 0 bridgehead atoms. The molecule has 5 nitrogen and oxygen atoms in total. The zero-order valence-electron chi connectivity index (χ0n) is 27.4. The van der Waals surface area contributed by atoms with Crippen LogP contribution in [-0.4, -0.2) is 15.0 Å². The van der Waals surface area contributed by atoms with Gasteiger partial charge in [-0.05, 0) is 81.9 Å². The van der Waals surface area contributed by atoms with Crippen molar-refractivity contribution < 1.29 is 4.42 Å². The van der Waals surface area contributed by atoms with Crippen molar-refractivity contribution >= 4 is 21.9 Å². The Morgan fingerprint density at radius 3 is 1.57 bits per heavy atom. The van der Waals surface area contributed by atoms with Crippen LogP contribution in [0, 0.1) is 11.3 Å². The van der Waals surface area contributed by atoms with Gasteiger partial charge in [-0.3, -0.25) is 0 Å². The van der Waals surface area contributed by atoms with Gasteiger partial charge in [0.1, 0.15) is 11.2 Å². The van der Waals surface area contributed by atoms with Gasteiger partial charge in [-0.15, -0.1) is 0 Å². The molecule has 0 saturated heterocycles. The van der Waals surface area contributed by atoms with E-state index in [1.165, 1.54) is 0 Å². The molecule has 0 saturated carbocycles. The van der Waals surface area contributed by atoms with E-state index in [1.807, 2.05) is 97.1 Å². The molecule has 0 aliphatic rings. The fraction of sp³-hybridized carbons (Fsp3) is 0. The molecule has 0 aliphatic carbocycles. The lowest BCUT2D eigenvalue weighted by Gasteiger charge is -2.12. The van der Waals surface area contributed by atoms with Crippen LogP contribution in [0.1, 0.15) is 5.56 Å². The van der Waals surface area contributed by atoms with E-state index in [4.69, 9.17) is 19.4 Å². The molecule has 7 aromatic carbocycles. The summed E-state index contributed by atoms with van der Waals surface area (Å²) in [5, 5.41) is 11.5. The summed E-state index contributed by atoms with van der Waals surface area (Å²) in [6, 6.07) is 59.3. The number of rotatable bonds is 6. The Morgan fingerprint density at radius 2 is 0.922 bits per heavy atom. The Labute approximate surface area is 294 Å². The van der Waals surface area contributed by atoms with Crippen LogP contribution in [0.3, 0.4) is 0 Å². The van der Waals surface area contributed by atoms with E-state index in [1.54, 1.807) is 0 Å². The number of benzene rings is 7. The van der Waals surface area contributed by atoms with Gasteiger partial charge in [0.15, 0.2) is 17.5 Å². The number of nitrogens with zero attached hydrogens (tertiary/aromatic N) is 4. The summed E-state index contributed by atoms with van der Waals surface area (Å²) in [5.41, 5.74) is 11.2. The molecule has 0 atom stereocenters. The first-order chi connectivity index (χ1) is 25.2. The molecule has 2 heterocycles. The van der Waals surface area contributed by atoms with Gasteiger partial charge >= 0.3 is 0 Å². The summed E-state index contributed by atoms with van der Waals surface area (Å²) >= 11 is 0. The third-order valence-electron chi connectivity index (χ3n) is 9.15. The normalized spacial score (nSPS) is 11.1. The van der Waals surface area contributed by atoms with Crippen molar-refractivity contribution in [1.29, 1.82) is 5.26 Å². The molecule has 0 amide bonds. The van der Waals surface area contributed by atoms with Gasteiger partial charge in [0.05, 0.1) is 11.6 Å². The van der Waals surface area contributed by atoms with E-state index in [-0.39, 0.29) is 0 Å². The molecule has 9 rings (SSSR count). The first-order valence-corrected chi connectivity index (χ1v) is 16.7.